The molecule has 2 aromatic rings. The first kappa shape index (κ1) is 21.1. The van der Waals surface area contributed by atoms with E-state index in [1.165, 1.54) is 16.7 Å². The smallest absolute Gasteiger partial charge is 0.247 e. The van der Waals surface area contributed by atoms with Gasteiger partial charge < -0.3 is 5.32 Å². The molecule has 1 saturated heterocycles. The molecule has 0 spiro atoms. The Morgan fingerprint density at radius 3 is 2.48 bits per heavy atom. The maximum absolute atomic E-state index is 12.9. The second-order valence-corrected chi connectivity index (χ2v) is 8.60. The van der Waals surface area contributed by atoms with Crippen LogP contribution in [0.3, 0.4) is 0 Å². The summed E-state index contributed by atoms with van der Waals surface area (Å²) in [7, 11) is 0. The zero-order chi connectivity index (χ0) is 21.0. The van der Waals surface area contributed by atoms with E-state index in [0.29, 0.717) is 12.1 Å². The summed E-state index contributed by atoms with van der Waals surface area (Å²) < 4.78 is 0. The Bertz CT molecular complexity index is 924. The number of nitrogens with zero attached hydrogens (tertiary/aromatic N) is 1. The topological polar surface area (TPSA) is 66.5 Å². The van der Waals surface area contributed by atoms with Crippen molar-refractivity contribution in [3.63, 3.8) is 0 Å². The van der Waals surface area contributed by atoms with Crippen molar-refractivity contribution >= 4 is 40.9 Å². The molecule has 1 atom stereocenters. The third kappa shape index (κ3) is 5.07. The van der Waals surface area contributed by atoms with Gasteiger partial charge in [0.2, 0.25) is 17.7 Å². The van der Waals surface area contributed by atoms with Crippen LogP contribution in [0.1, 0.15) is 43.7 Å². The molecule has 152 valence electrons. The van der Waals surface area contributed by atoms with Crippen molar-refractivity contribution in [2.24, 2.45) is 0 Å². The molecule has 0 radical (unpaired) electrons. The minimum Gasteiger partial charge on any atom is -0.326 e. The monoisotopic (exact) mass is 410 g/mol. The van der Waals surface area contributed by atoms with Crippen molar-refractivity contribution in [3.05, 3.63) is 53.6 Å². The fraction of sp³-hybridized carbons (Fsp3) is 0.348. The first-order valence-electron chi connectivity index (χ1n) is 9.89. The van der Waals surface area contributed by atoms with E-state index < -0.39 is 5.25 Å². The molecule has 0 saturated carbocycles. The number of carbonyl (C=O) groups excluding carboxylic acids is 3. The Morgan fingerprint density at radius 2 is 1.83 bits per heavy atom. The van der Waals surface area contributed by atoms with Gasteiger partial charge in [0.15, 0.2) is 0 Å². The molecule has 6 heteroatoms. The van der Waals surface area contributed by atoms with Gasteiger partial charge in [0, 0.05) is 23.4 Å². The molecule has 0 bridgehead atoms. The average molecular weight is 411 g/mol. The summed E-state index contributed by atoms with van der Waals surface area (Å²) in [5, 5.41) is 2.44. The number of anilines is 2. The van der Waals surface area contributed by atoms with Gasteiger partial charge in [-0.25, -0.2) is 4.90 Å². The second-order valence-electron chi connectivity index (χ2n) is 7.32. The summed E-state index contributed by atoms with van der Waals surface area (Å²) in [4.78, 5) is 39.4. The zero-order valence-corrected chi connectivity index (χ0v) is 17.8. The van der Waals surface area contributed by atoms with Crippen LogP contribution >= 0.6 is 11.8 Å². The van der Waals surface area contributed by atoms with Gasteiger partial charge in [0.25, 0.3) is 0 Å². The molecule has 0 aromatic heterocycles. The molecule has 1 aliphatic rings. The molecule has 1 N–H and O–H groups in total. The van der Waals surface area contributed by atoms with Crippen LogP contribution in [0, 0.1) is 13.8 Å². The summed E-state index contributed by atoms with van der Waals surface area (Å²) >= 11 is 1.39. The van der Waals surface area contributed by atoms with Gasteiger partial charge in [-0.15, -0.1) is 11.8 Å². The Labute approximate surface area is 175 Å². The number of rotatable bonds is 7. The summed E-state index contributed by atoms with van der Waals surface area (Å²) in [6.45, 7) is 6.02. The van der Waals surface area contributed by atoms with Crippen LogP contribution in [0.4, 0.5) is 11.4 Å². The molecular formula is C23H26N2O3S. The Kier molecular flexibility index (Phi) is 6.75. The minimum absolute atomic E-state index is 0.00727. The Morgan fingerprint density at radius 1 is 1.10 bits per heavy atom. The first-order valence-corrected chi connectivity index (χ1v) is 10.8. The SMILES string of the molecule is CCCCC(=O)Nc1ccc(SC2CC(=O)N(c3ccc(C)c(C)c3)C2=O)cc1. The average Bonchev–Trinajstić information content (AvgIpc) is 2.97. The van der Waals surface area contributed by atoms with E-state index >= 15 is 0 Å². The highest BCUT2D eigenvalue weighted by molar-refractivity contribution is 8.00. The van der Waals surface area contributed by atoms with Crippen molar-refractivity contribution in [3.8, 4) is 0 Å². The third-order valence-corrected chi connectivity index (χ3v) is 6.22. The highest BCUT2D eigenvalue weighted by Gasteiger charge is 2.40. The van der Waals surface area contributed by atoms with Crippen LogP contribution in [-0.4, -0.2) is 23.0 Å². The summed E-state index contributed by atoms with van der Waals surface area (Å²) in [5.74, 6) is -0.344. The van der Waals surface area contributed by atoms with E-state index in [1.54, 1.807) is 0 Å². The lowest BCUT2D eigenvalue weighted by Gasteiger charge is -2.16. The number of hydrogen-bond acceptors (Lipinski definition) is 4. The van der Waals surface area contributed by atoms with E-state index in [-0.39, 0.29) is 24.1 Å². The normalized spacial score (nSPS) is 16.4. The third-order valence-electron chi connectivity index (χ3n) is 5.03. The van der Waals surface area contributed by atoms with Crippen LogP contribution in [-0.2, 0) is 14.4 Å². The summed E-state index contributed by atoms with van der Waals surface area (Å²) in [6.07, 6.45) is 2.55. The van der Waals surface area contributed by atoms with Gasteiger partial charge in [0.1, 0.15) is 0 Å². The minimum atomic E-state index is -0.436. The van der Waals surface area contributed by atoms with Crippen molar-refractivity contribution in [2.75, 3.05) is 10.2 Å². The Hall–Kier alpha value is -2.60. The molecule has 2 aromatic carbocycles. The van der Waals surface area contributed by atoms with Crippen LogP contribution in [0.5, 0.6) is 0 Å². The number of benzene rings is 2. The van der Waals surface area contributed by atoms with Gasteiger partial charge in [-0.1, -0.05) is 19.4 Å². The molecule has 3 rings (SSSR count). The molecule has 3 amide bonds. The molecule has 1 unspecified atom stereocenters. The van der Waals surface area contributed by atoms with E-state index in [4.69, 9.17) is 0 Å². The lowest BCUT2D eigenvalue weighted by molar-refractivity contribution is -0.121. The van der Waals surface area contributed by atoms with Gasteiger partial charge in [-0.05, 0) is 67.8 Å². The summed E-state index contributed by atoms with van der Waals surface area (Å²) in [6, 6.07) is 13.0. The standard InChI is InChI=1S/C23H26N2O3S/c1-4-5-6-21(26)24-17-8-11-19(12-9-17)29-20-14-22(27)25(23(20)28)18-10-7-15(2)16(3)13-18/h7-13,20H,4-6,14H2,1-3H3,(H,24,26). The van der Waals surface area contributed by atoms with Crippen LogP contribution in [0.15, 0.2) is 47.4 Å². The predicted molar refractivity (Wildman–Crippen MR) is 117 cm³/mol. The number of carbonyl (C=O) groups is 3. The molecule has 1 fully saturated rings. The van der Waals surface area contributed by atoms with Crippen molar-refractivity contribution in [2.45, 2.75) is 56.6 Å². The quantitative estimate of drug-likeness (QED) is 0.662. The molecule has 1 aliphatic heterocycles. The maximum atomic E-state index is 12.9. The number of nitrogens with one attached hydrogen (secondary N) is 1. The van der Waals surface area contributed by atoms with E-state index in [1.807, 2.05) is 56.3 Å². The van der Waals surface area contributed by atoms with Crippen molar-refractivity contribution < 1.29 is 14.4 Å². The first-order chi connectivity index (χ1) is 13.9. The lowest BCUT2D eigenvalue weighted by atomic mass is 10.1. The Balaban J connectivity index is 1.65. The molecule has 29 heavy (non-hydrogen) atoms. The lowest BCUT2D eigenvalue weighted by Crippen LogP contribution is -2.31. The predicted octanol–water partition coefficient (Wildman–Crippen LogP) is 4.86. The van der Waals surface area contributed by atoms with E-state index in [2.05, 4.69) is 12.2 Å². The van der Waals surface area contributed by atoms with Crippen LogP contribution in [0.25, 0.3) is 0 Å². The number of imide groups is 1. The molecule has 0 aliphatic carbocycles. The zero-order valence-electron chi connectivity index (χ0n) is 17.0. The molecular weight excluding hydrogens is 384 g/mol. The van der Waals surface area contributed by atoms with Gasteiger partial charge >= 0.3 is 0 Å². The second kappa shape index (κ2) is 9.27. The largest absolute Gasteiger partial charge is 0.326 e. The maximum Gasteiger partial charge on any atom is 0.247 e. The number of hydrogen-bond donors (Lipinski definition) is 1. The molecule has 1 heterocycles. The van der Waals surface area contributed by atoms with Crippen molar-refractivity contribution in [1.29, 1.82) is 0 Å². The van der Waals surface area contributed by atoms with E-state index in [9.17, 15) is 14.4 Å². The van der Waals surface area contributed by atoms with Crippen molar-refractivity contribution in [1.82, 2.24) is 0 Å². The fourth-order valence-electron chi connectivity index (χ4n) is 3.17. The number of thioether (sulfide) groups is 1. The highest BCUT2D eigenvalue weighted by atomic mass is 32.2. The number of amides is 3. The molecule has 5 nitrogen and oxygen atoms in total. The van der Waals surface area contributed by atoms with Crippen LogP contribution in [0.2, 0.25) is 0 Å². The number of aryl methyl sites for hydroxylation is 2. The van der Waals surface area contributed by atoms with Crippen LogP contribution < -0.4 is 10.2 Å². The summed E-state index contributed by atoms with van der Waals surface area (Å²) in [5.41, 5.74) is 3.55. The van der Waals surface area contributed by atoms with Gasteiger partial charge in [-0.2, -0.15) is 0 Å². The number of unbranched alkanes of at least 4 members (excludes halogenated alkanes) is 1. The fourth-order valence-corrected chi connectivity index (χ4v) is 4.23. The van der Waals surface area contributed by atoms with E-state index in [0.717, 1.165) is 34.6 Å². The van der Waals surface area contributed by atoms with Gasteiger partial charge in [0.05, 0.1) is 10.9 Å². The highest BCUT2D eigenvalue weighted by Crippen LogP contribution is 2.34. The van der Waals surface area contributed by atoms with Gasteiger partial charge in [-0.3, -0.25) is 14.4 Å².